The van der Waals surface area contributed by atoms with Crippen LogP contribution in [0.2, 0.25) is 0 Å². The lowest BCUT2D eigenvalue weighted by Gasteiger charge is -2.24. The van der Waals surface area contributed by atoms with Crippen molar-refractivity contribution < 1.29 is 0 Å². The van der Waals surface area contributed by atoms with E-state index in [4.69, 9.17) is 0 Å². The van der Waals surface area contributed by atoms with Crippen LogP contribution in [0, 0.1) is 13.8 Å². The largest absolute Gasteiger partial charge is 0.316 e. The first kappa shape index (κ1) is 9.72. The Bertz CT molecular complexity index is 311. The molecule has 1 N–H and O–H groups in total. The van der Waals surface area contributed by atoms with Gasteiger partial charge in [-0.3, -0.25) is 0 Å². The zero-order chi connectivity index (χ0) is 9.97. The van der Waals surface area contributed by atoms with E-state index < -0.39 is 0 Å². The summed E-state index contributed by atoms with van der Waals surface area (Å²) in [6.45, 7) is 6.76. The van der Waals surface area contributed by atoms with Crippen molar-refractivity contribution in [3.05, 3.63) is 34.9 Å². The maximum absolute atomic E-state index is 3.48. The van der Waals surface area contributed by atoms with Crippen molar-refractivity contribution in [2.24, 2.45) is 0 Å². The van der Waals surface area contributed by atoms with Crippen molar-refractivity contribution in [3.63, 3.8) is 0 Å². The molecule has 1 heterocycles. The molecule has 0 amide bonds. The summed E-state index contributed by atoms with van der Waals surface area (Å²) in [4.78, 5) is 0. The molecule has 0 aliphatic carbocycles. The molecule has 1 aromatic carbocycles. The van der Waals surface area contributed by atoms with Gasteiger partial charge in [-0.15, -0.1) is 0 Å². The van der Waals surface area contributed by atoms with Crippen molar-refractivity contribution in [1.29, 1.82) is 0 Å². The molecule has 1 aromatic rings. The topological polar surface area (TPSA) is 12.0 Å². The minimum Gasteiger partial charge on any atom is -0.316 e. The fourth-order valence-corrected chi connectivity index (χ4v) is 2.32. The van der Waals surface area contributed by atoms with Crippen LogP contribution < -0.4 is 5.32 Å². The van der Waals surface area contributed by atoms with Crippen LogP contribution in [0.3, 0.4) is 0 Å². The highest BCUT2D eigenvalue weighted by molar-refractivity contribution is 5.33. The van der Waals surface area contributed by atoms with Crippen molar-refractivity contribution in [3.8, 4) is 0 Å². The quantitative estimate of drug-likeness (QED) is 0.716. The Balaban J connectivity index is 2.24. The molecule has 1 heteroatoms. The summed E-state index contributed by atoms with van der Waals surface area (Å²) in [5.41, 5.74) is 4.39. The summed E-state index contributed by atoms with van der Waals surface area (Å²) in [7, 11) is 0. The van der Waals surface area contributed by atoms with Crippen LogP contribution in [0.25, 0.3) is 0 Å². The van der Waals surface area contributed by atoms with E-state index in [2.05, 4.69) is 37.4 Å². The second-order valence-electron chi connectivity index (χ2n) is 4.40. The molecule has 0 saturated carbocycles. The monoisotopic (exact) mass is 189 g/mol. The van der Waals surface area contributed by atoms with E-state index in [1.54, 1.807) is 5.56 Å². The first-order valence-electron chi connectivity index (χ1n) is 5.55. The highest BCUT2D eigenvalue weighted by Crippen LogP contribution is 2.26. The Morgan fingerprint density at radius 3 is 2.86 bits per heavy atom. The Hall–Kier alpha value is -0.820. The van der Waals surface area contributed by atoms with Gasteiger partial charge >= 0.3 is 0 Å². The van der Waals surface area contributed by atoms with Crippen LogP contribution in [0.1, 0.15) is 35.4 Å². The molecule has 1 fully saturated rings. The van der Waals surface area contributed by atoms with Gasteiger partial charge in [-0.25, -0.2) is 0 Å². The standard InChI is InChI=1S/C13H19N/c1-10-5-6-11(2)13(8-10)12-4-3-7-14-9-12/h5-6,8,12,14H,3-4,7,9H2,1-2H3/t12-/m0/s1. The smallest absolute Gasteiger partial charge is 0.00202 e. The van der Waals surface area contributed by atoms with Crippen molar-refractivity contribution in [1.82, 2.24) is 5.32 Å². The molecule has 0 unspecified atom stereocenters. The molecule has 1 aliphatic heterocycles. The molecule has 0 bridgehead atoms. The molecule has 1 saturated heterocycles. The second-order valence-corrected chi connectivity index (χ2v) is 4.40. The van der Waals surface area contributed by atoms with Crippen molar-refractivity contribution in [2.45, 2.75) is 32.6 Å². The Kier molecular flexibility index (Phi) is 2.87. The Morgan fingerprint density at radius 2 is 2.14 bits per heavy atom. The normalized spacial score (nSPS) is 22.3. The molecule has 0 radical (unpaired) electrons. The molecule has 1 atom stereocenters. The lowest BCUT2D eigenvalue weighted by Crippen LogP contribution is -2.28. The number of hydrogen-bond acceptors (Lipinski definition) is 1. The number of rotatable bonds is 1. The predicted octanol–water partition coefficient (Wildman–Crippen LogP) is 2.77. The van der Waals surface area contributed by atoms with Crippen LogP contribution in [0.15, 0.2) is 18.2 Å². The second kappa shape index (κ2) is 4.14. The first-order valence-corrected chi connectivity index (χ1v) is 5.55. The third-order valence-corrected chi connectivity index (χ3v) is 3.17. The fraction of sp³-hybridized carbons (Fsp3) is 0.538. The van der Waals surface area contributed by atoms with Gasteiger partial charge in [0.25, 0.3) is 0 Å². The zero-order valence-electron chi connectivity index (χ0n) is 9.14. The highest BCUT2D eigenvalue weighted by Gasteiger charge is 2.16. The SMILES string of the molecule is Cc1ccc(C)c([C@H]2CCCNC2)c1. The number of benzene rings is 1. The van der Waals surface area contributed by atoms with E-state index in [-0.39, 0.29) is 0 Å². The Labute approximate surface area is 86.5 Å². The van der Waals surface area contributed by atoms with Gasteiger partial charge in [0, 0.05) is 6.54 Å². The molecule has 0 spiro atoms. The zero-order valence-corrected chi connectivity index (χ0v) is 9.14. The minimum absolute atomic E-state index is 0.739. The summed E-state index contributed by atoms with van der Waals surface area (Å²) in [6, 6.07) is 6.81. The number of hydrogen-bond donors (Lipinski definition) is 1. The first-order chi connectivity index (χ1) is 6.77. The third kappa shape index (κ3) is 1.98. The van der Waals surface area contributed by atoms with Gasteiger partial charge in [0.05, 0.1) is 0 Å². The maximum Gasteiger partial charge on any atom is 0.00202 e. The maximum atomic E-state index is 3.48. The highest BCUT2D eigenvalue weighted by atomic mass is 14.9. The molecular weight excluding hydrogens is 170 g/mol. The summed E-state index contributed by atoms with van der Waals surface area (Å²) >= 11 is 0. The van der Waals surface area contributed by atoms with Crippen LogP contribution >= 0.6 is 0 Å². The Morgan fingerprint density at radius 1 is 1.29 bits per heavy atom. The molecule has 0 aromatic heterocycles. The molecule has 2 rings (SSSR count). The van der Waals surface area contributed by atoms with Crippen molar-refractivity contribution >= 4 is 0 Å². The molecule has 1 nitrogen and oxygen atoms in total. The number of piperidine rings is 1. The van der Waals surface area contributed by atoms with E-state index in [9.17, 15) is 0 Å². The average molecular weight is 189 g/mol. The summed E-state index contributed by atoms with van der Waals surface area (Å²) < 4.78 is 0. The van der Waals surface area contributed by atoms with Crippen molar-refractivity contribution in [2.75, 3.05) is 13.1 Å². The van der Waals surface area contributed by atoms with Gasteiger partial charge in [0.1, 0.15) is 0 Å². The summed E-state index contributed by atoms with van der Waals surface area (Å²) in [5.74, 6) is 0.739. The predicted molar refractivity (Wildman–Crippen MR) is 60.8 cm³/mol. The third-order valence-electron chi connectivity index (χ3n) is 3.17. The van der Waals surface area contributed by atoms with Gasteiger partial charge in [-0.1, -0.05) is 23.8 Å². The lowest BCUT2D eigenvalue weighted by atomic mass is 9.88. The van der Waals surface area contributed by atoms with E-state index in [1.165, 1.54) is 30.5 Å². The average Bonchev–Trinajstić information content (AvgIpc) is 2.23. The van der Waals surface area contributed by atoms with Crippen LogP contribution in [-0.2, 0) is 0 Å². The molecule has 76 valence electrons. The van der Waals surface area contributed by atoms with Gasteiger partial charge in [0.2, 0.25) is 0 Å². The number of aryl methyl sites for hydroxylation is 2. The summed E-state index contributed by atoms with van der Waals surface area (Å²) in [6.07, 6.45) is 2.66. The number of nitrogens with one attached hydrogen (secondary N) is 1. The van der Waals surface area contributed by atoms with E-state index >= 15 is 0 Å². The van der Waals surface area contributed by atoms with E-state index in [0.717, 1.165) is 12.5 Å². The van der Waals surface area contributed by atoms with Crippen LogP contribution in [0.5, 0.6) is 0 Å². The minimum atomic E-state index is 0.739. The van der Waals surface area contributed by atoms with E-state index in [1.807, 2.05) is 0 Å². The van der Waals surface area contributed by atoms with E-state index in [0.29, 0.717) is 0 Å². The van der Waals surface area contributed by atoms with Gasteiger partial charge in [-0.05, 0) is 50.3 Å². The molecule has 1 aliphatic rings. The van der Waals surface area contributed by atoms with Gasteiger partial charge in [0.15, 0.2) is 0 Å². The summed E-state index contributed by atoms with van der Waals surface area (Å²) in [5, 5.41) is 3.48. The molecule has 14 heavy (non-hydrogen) atoms. The van der Waals surface area contributed by atoms with Gasteiger partial charge in [-0.2, -0.15) is 0 Å². The lowest BCUT2D eigenvalue weighted by molar-refractivity contribution is 0.460. The molecular formula is C13H19N. The van der Waals surface area contributed by atoms with Crippen LogP contribution in [-0.4, -0.2) is 13.1 Å². The van der Waals surface area contributed by atoms with Gasteiger partial charge < -0.3 is 5.32 Å². The fourth-order valence-electron chi connectivity index (χ4n) is 2.32. The van der Waals surface area contributed by atoms with Crippen LogP contribution in [0.4, 0.5) is 0 Å².